The molecular formula is C19H16N4OS2. The Labute approximate surface area is 159 Å². The summed E-state index contributed by atoms with van der Waals surface area (Å²) in [5.74, 6) is -0.168. The lowest BCUT2D eigenvalue weighted by Crippen LogP contribution is -2.31. The minimum absolute atomic E-state index is 0.162. The number of thiophene rings is 1. The van der Waals surface area contributed by atoms with Crippen LogP contribution in [0.5, 0.6) is 0 Å². The van der Waals surface area contributed by atoms with Gasteiger partial charge in [-0.1, -0.05) is 36.4 Å². The lowest BCUT2D eigenvalue weighted by atomic mass is 10.1. The van der Waals surface area contributed by atoms with Crippen LogP contribution >= 0.6 is 22.7 Å². The van der Waals surface area contributed by atoms with Crippen LogP contribution in [0.1, 0.15) is 22.1 Å². The second kappa shape index (κ2) is 7.63. The van der Waals surface area contributed by atoms with Gasteiger partial charge in [-0.25, -0.2) is 9.97 Å². The molecule has 0 bridgehead atoms. The quantitative estimate of drug-likeness (QED) is 0.544. The van der Waals surface area contributed by atoms with Crippen LogP contribution in [0.15, 0.2) is 71.9 Å². The van der Waals surface area contributed by atoms with Crippen molar-refractivity contribution >= 4 is 28.6 Å². The molecule has 1 atom stereocenters. The standard InChI is InChI=1S/C19H16N4OS2/c24-18(16-12-26-19(22-16)17-7-4-10-25-17)21-15(11-23-9-8-20-13-23)14-5-2-1-3-6-14/h1-10,12-13,15H,11H2,(H,21,24). The van der Waals surface area contributed by atoms with E-state index in [2.05, 4.69) is 15.3 Å². The molecule has 5 nitrogen and oxygen atoms in total. The van der Waals surface area contributed by atoms with E-state index >= 15 is 0 Å². The molecule has 3 aromatic heterocycles. The third kappa shape index (κ3) is 3.74. The van der Waals surface area contributed by atoms with Gasteiger partial charge in [-0.05, 0) is 17.0 Å². The number of carbonyl (C=O) groups is 1. The number of thiazole rings is 1. The maximum absolute atomic E-state index is 12.8. The van der Waals surface area contributed by atoms with E-state index in [4.69, 9.17) is 0 Å². The van der Waals surface area contributed by atoms with Gasteiger partial charge in [0.15, 0.2) is 0 Å². The summed E-state index contributed by atoms with van der Waals surface area (Å²) in [6, 6.07) is 13.8. The van der Waals surface area contributed by atoms with Crippen LogP contribution in [0.2, 0.25) is 0 Å². The van der Waals surface area contributed by atoms with Crippen molar-refractivity contribution in [2.24, 2.45) is 0 Å². The van der Waals surface area contributed by atoms with Gasteiger partial charge < -0.3 is 9.88 Å². The van der Waals surface area contributed by atoms with Gasteiger partial charge in [0, 0.05) is 24.3 Å². The van der Waals surface area contributed by atoms with Gasteiger partial charge in [0.1, 0.15) is 10.7 Å². The first-order valence-electron chi connectivity index (χ1n) is 8.10. The molecule has 7 heteroatoms. The average molecular weight is 380 g/mol. The number of hydrogen-bond acceptors (Lipinski definition) is 5. The van der Waals surface area contributed by atoms with Crippen LogP contribution in [0.3, 0.4) is 0 Å². The highest BCUT2D eigenvalue weighted by Crippen LogP contribution is 2.28. The molecule has 4 aromatic rings. The van der Waals surface area contributed by atoms with Gasteiger partial charge in [0.05, 0.1) is 17.2 Å². The van der Waals surface area contributed by atoms with E-state index in [0.717, 1.165) is 15.4 Å². The maximum atomic E-state index is 12.8. The molecule has 1 amide bonds. The Kier molecular flexibility index (Phi) is 4.90. The lowest BCUT2D eigenvalue weighted by Gasteiger charge is -2.19. The molecule has 0 radical (unpaired) electrons. The molecule has 1 N–H and O–H groups in total. The van der Waals surface area contributed by atoms with Crippen LogP contribution in [0.4, 0.5) is 0 Å². The van der Waals surface area contributed by atoms with Crippen LogP contribution < -0.4 is 5.32 Å². The van der Waals surface area contributed by atoms with Gasteiger partial charge in [-0.15, -0.1) is 22.7 Å². The predicted octanol–water partition coefficient (Wildman–Crippen LogP) is 4.24. The van der Waals surface area contributed by atoms with Gasteiger partial charge in [0.2, 0.25) is 0 Å². The Bertz CT molecular complexity index is 962. The smallest absolute Gasteiger partial charge is 0.271 e. The van der Waals surface area contributed by atoms with Gasteiger partial charge in [0.25, 0.3) is 5.91 Å². The second-order valence-electron chi connectivity index (χ2n) is 5.71. The summed E-state index contributed by atoms with van der Waals surface area (Å²) >= 11 is 3.11. The normalized spacial score (nSPS) is 12.0. The van der Waals surface area contributed by atoms with Gasteiger partial charge in [-0.3, -0.25) is 4.79 Å². The molecule has 0 aliphatic heterocycles. The largest absolute Gasteiger partial charge is 0.342 e. The van der Waals surface area contributed by atoms with Crippen LogP contribution in [-0.4, -0.2) is 20.4 Å². The number of hydrogen-bond donors (Lipinski definition) is 1. The van der Waals surface area contributed by atoms with Gasteiger partial charge in [-0.2, -0.15) is 0 Å². The SMILES string of the molecule is O=C(NC(Cn1ccnc1)c1ccccc1)c1csc(-c2cccs2)n1. The van der Waals surface area contributed by atoms with Crippen LogP contribution in [-0.2, 0) is 6.54 Å². The van der Waals surface area contributed by atoms with Crippen molar-refractivity contribution in [1.82, 2.24) is 19.9 Å². The summed E-state index contributed by atoms with van der Waals surface area (Å²) in [5.41, 5.74) is 1.49. The summed E-state index contributed by atoms with van der Waals surface area (Å²) in [4.78, 5) is 22.4. The second-order valence-corrected chi connectivity index (χ2v) is 7.52. The molecule has 0 aliphatic rings. The first-order valence-corrected chi connectivity index (χ1v) is 9.86. The monoisotopic (exact) mass is 380 g/mol. The van der Waals surface area contributed by atoms with E-state index < -0.39 is 0 Å². The molecule has 0 spiro atoms. The number of benzene rings is 1. The third-order valence-electron chi connectivity index (χ3n) is 3.93. The summed E-state index contributed by atoms with van der Waals surface area (Å²) in [5, 5.41) is 7.79. The molecular weight excluding hydrogens is 364 g/mol. The highest BCUT2D eigenvalue weighted by molar-refractivity contribution is 7.20. The van der Waals surface area contributed by atoms with Gasteiger partial charge >= 0.3 is 0 Å². The molecule has 0 saturated heterocycles. The highest BCUT2D eigenvalue weighted by Gasteiger charge is 2.19. The van der Waals surface area contributed by atoms with E-state index in [-0.39, 0.29) is 11.9 Å². The Morgan fingerprint density at radius 3 is 2.77 bits per heavy atom. The molecule has 1 unspecified atom stereocenters. The van der Waals surface area contributed by atoms with Crippen molar-refractivity contribution in [3.05, 3.63) is 83.2 Å². The fourth-order valence-electron chi connectivity index (χ4n) is 2.65. The highest BCUT2D eigenvalue weighted by atomic mass is 32.1. The molecule has 0 saturated carbocycles. The Morgan fingerprint density at radius 2 is 2.04 bits per heavy atom. The first kappa shape index (κ1) is 16.7. The molecule has 0 fully saturated rings. The number of carbonyl (C=O) groups excluding carboxylic acids is 1. The molecule has 130 valence electrons. The number of aromatic nitrogens is 3. The molecule has 4 rings (SSSR count). The summed E-state index contributed by atoms with van der Waals surface area (Å²) < 4.78 is 1.95. The maximum Gasteiger partial charge on any atom is 0.271 e. The summed E-state index contributed by atoms with van der Waals surface area (Å²) in [7, 11) is 0. The van der Waals surface area contributed by atoms with Crippen molar-refractivity contribution in [3.8, 4) is 9.88 Å². The topological polar surface area (TPSA) is 59.8 Å². The number of rotatable bonds is 6. The fourth-order valence-corrected chi connectivity index (χ4v) is 4.26. The van der Waals surface area contributed by atoms with E-state index in [1.165, 1.54) is 11.3 Å². The lowest BCUT2D eigenvalue weighted by molar-refractivity contribution is 0.0928. The third-order valence-corrected chi connectivity index (χ3v) is 5.81. The minimum atomic E-state index is -0.168. The van der Waals surface area contributed by atoms with Crippen molar-refractivity contribution in [1.29, 1.82) is 0 Å². The van der Waals surface area contributed by atoms with Crippen LogP contribution in [0, 0.1) is 0 Å². The zero-order valence-electron chi connectivity index (χ0n) is 13.8. The number of nitrogens with zero attached hydrogens (tertiary/aromatic N) is 3. The average Bonchev–Trinajstić information content (AvgIpc) is 3.42. The zero-order chi connectivity index (χ0) is 17.8. The van der Waals surface area contributed by atoms with Crippen molar-refractivity contribution in [3.63, 3.8) is 0 Å². The van der Waals surface area contributed by atoms with E-state index in [1.54, 1.807) is 23.9 Å². The van der Waals surface area contributed by atoms with Crippen molar-refractivity contribution < 1.29 is 4.79 Å². The number of nitrogens with one attached hydrogen (secondary N) is 1. The van der Waals surface area contributed by atoms with E-state index in [1.807, 2.05) is 64.0 Å². The van der Waals surface area contributed by atoms with Crippen molar-refractivity contribution in [2.45, 2.75) is 12.6 Å². The molecule has 26 heavy (non-hydrogen) atoms. The number of amides is 1. The van der Waals surface area contributed by atoms with E-state index in [0.29, 0.717) is 12.2 Å². The summed E-state index contributed by atoms with van der Waals surface area (Å²) in [6.07, 6.45) is 5.37. The molecule has 0 aliphatic carbocycles. The first-order chi connectivity index (χ1) is 12.8. The Hall–Kier alpha value is -2.77. The Morgan fingerprint density at radius 1 is 1.15 bits per heavy atom. The number of imidazole rings is 1. The minimum Gasteiger partial charge on any atom is -0.342 e. The molecule has 1 aromatic carbocycles. The zero-order valence-corrected chi connectivity index (χ0v) is 15.4. The summed E-state index contributed by atoms with van der Waals surface area (Å²) in [6.45, 7) is 0.609. The Balaban J connectivity index is 1.54. The predicted molar refractivity (Wildman–Crippen MR) is 104 cm³/mol. The van der Waals surface area contributed by atoms with Crippen LogP contribution in [0.25, 0.3) is 9.88 Å². The van der Waals surface area contributed by atoms with E-state index in [9.17, 15) is 4.79 Å². The molecule has 3 heterocycles. The van der Waals surface area contributed by atoms with Crippen molar-refractivity contribution in [2.75, 3.05) is 0 Å². The fraction of sp³-hybridized carbons (Fsp3) is 0.105.